The Bertz CT molecular complexity index is 1070. The predicted molar refractivity (Wildman–Crippen MR) is 95.0 cm³/mol. The Labute approximate surface area is 157 Å². The van der Waals surface area contributed by atoms with E-state index < -0.39 is 24.8 Å². The van der Waals surface area contributed by atoms with E-state index in [0.29, 0.717) is 11.1 Å². The van der Waals surface area contributed by atoms with Gasteiger partial charge in [0, 0.05) is 11.4 Å². The topological polar surface area (TPSA) is 103 Å². The molecule has 3 aromatic heterocycles. The maximum absolute atomic E-state index is 12.6. The summed E-state index contributed by atoms with van der Waals surface area (Å²) >= 11 is 0. The first-order chi connectivity index (χ1) is 13.1. The Morgan fingerprint density at radius 1 is 1.25 bits per heavy atom. The summed E-state index contributed by atoms with van der Waals surface area (Å²) in [6, 6.07) is 3.54. The molecular formula is C17H20F3N6O2+. The molecular weight excluding hydrogens is 377 g/mol. The lowest BCUT2D eigenvalue weighted by Crippen LogP contribution is -2.44. The van der Waals surface area contributed by atoms with Gasteiger partial charge < -0.3 is 10.5 Å². The monoisotopic (exact) mass is 397 g/mol. The molecule has 0 aliphatic rings. The van der Waals surface area contributed by atoms with E-state index in [2.05, 4.69) is 15.1 Å². The second kappa shape index (κ2) is 7.13. The first-order valence-electron chi connectivity index (χ1n) is 8.60. The van der Waals surface area contributed by atoms with Gasteiger partial charge in [-0.15, -0.1) is 4.40 Å². The molecule has 0 saturated heterocycles. The number of ether oxygens (including phenoxy) is 1. The minimum absolute atomic E-state index is 0.175. The molecule has 0 aliphatic carbocycles. The number of nitrogens with two attached hydrogens (primary N) is 1. The van der Waals surface area contributed by atoms with Gasteiger partial charge in [0.1, 0.15) is 5.56 Å². The molecule has 0 bridgehead atoms. The van der Waals surface area contributed by atoms with E-state index in [-0.39, 0.29) is 24.1 Å². The molecule has 0 aliphatic heterocycles. The van der Waals surface area contributed by atoms with Gasteiger partial charge in [-0.25, -0.2) is 9.89 Å². The highest BCUT2D eigenvalue weighted by molar-refractivity contribution is 5.80. The Morgan fingerprint density at radius 2 is 1.89 bits per heavy atom. The minimum Gasteiger partial charge on any atom is -0.470 e. The zero-order valence-corrected chi connectivity index (χ0v) is 15.6. The van der Waals surface area contributed by atoms with Crippen LogP contribution in [-0.4, -0.2) is 32.5 Å². The molecule has 28 heavy (non-hydrogen) atoms. The fourth-order valence-corrected chi connectivity index (χ4v) is 3.00. The third-order valence-electron chi connectivity index (χ3n) is 4.05. The molecule has 0 unspecified atom stereocenters. The number of halogens is 3. The number of anilines is 1. The van der Waals surface area contributed by atoms with Crippen LogP contribution in [0.2, 0.25) is 0 Å². The Kier molecular flexibility index (Phi) is 5.01. The molecule has 0 atom stereocenters. The van der Waals surface area contributed by atoms with Crippen LogP contribution in [0.15, 0.2) is 16.9 Å². The van der Waals surface area contributed by atoms with Crippen molar-refractivity contribution in [2.45, 2.75) is 39.9 Å². The summed E-state index contributed by atoms with van der Waals surface area (Å²) in [4.78, 5) is 21.1. The highest BCUT2D eigenvalue weighted by Crippen LogP contribution is 2.31. The van der Waals surface area contributed by atoms with Crippen LogP contribution >= 0.6 is 0 Å². The van der Waals surface area contributed by atoms with Gasteiger partial charge in [-0.3, -0.25) is 4.98 Å². The Hall–Kier alpha value is -3.11. The lowest BCUT2D eigenvalue weighted by atomic mass is 10.1. The lowest BCUT2D eigenvalue weighted by Gasteiger charge is -2.09. The van der Waals surface area contributed by atoms with Crippen molar-refractivity contribution in [3.8, 4) is 17.0 Å². The highest BCUT2D eigenvalue weighted by atomic mass is 19.4. The summed E-state index contributed by atoms with van der Waals surface area (Å²) < 4.78 is 45.3. The Morgan fingerprint density at radius 3 is 2.46 bits per heavy atom. The SMILES string of the molecule is CCOc1nc(N)[n+]2c(=O)n(CCC(F)(F)F)[nH]c2c1-c1cc(C)nc(C)c1. The van der Waals surface area contributed by atoms with Crippen LogP contribution in [-0.2, 0) is 6.54 Å². The molecule has 8 nitrogen and oxygen atoms in total. The zero-order chi connectivity index (χ0) is 20.6. The molecule has 0 amide bonds. The number of nitrogens with one attached hydrogen (secondary N) is 1. The van der Waals surface area contributed by atoms with E-state index in [0.717, 1.165) is 20.5 Å². The van der Waals surface area contributed by atoms with Crippen molar-refractivity contribution in [2.75, 3.05) is 12.3 Å². The average Bonchev–Trinajstić information content (AvgIpc) is 2.89. The molecule has 3 heterocycles. The Balaban J connectivity index is 2.29. The van der Waals surface area contributed by atoms with Crippen LogP contribution in [0.25, 0.3) is 16.8 Å². The first-order valence-corrected chi connectivity index (χ1v) is 8.60. The van der Waals surface area contributed by atoms with Crippen molar-refractivity contribution in [2.24, 2.45) is 0 Å². The first kappa shape index (κ1) is 19.6. The second-order valence-electron chi connectivity index (χ2n) is 6.32. The van der Waals surface area contributed by atoms with Crippen molar-refractivity contribution >= 4 is 11.6 Å². The van der Waals surface area contributed by atoms with Gasteiger partial charge in [0.2, 0.25) is 5.65 Å². The molecule has 3 N–H and O–H groups in total. The van der Waals surface area contributed by atoms with E-state index in [1.807, 2.05) is 13.8 Å². The van der Waals surface area contributed by atoms with Gasteiger partial charge in [0.15, 0.2) is 0 Å². The van der Waals surface area contributed by atoms with Gasteiger partial charge in [0.25, 0.3) is 5.88 Å². The summed E-state index contributed by atoms with van der Waals surface area (Å²) in [5.41, 5.74) is 7.89. The smallest absolute Gasteiger partial charge is 0.428 e. The summed E-state index contributed by atoms with van der Waals surface area (Å²) in [7, 11) is 0. The average molecular weight is 397 g/mol. The quantitative estimate of drug-likeness (QED) is 0.641. The van der Waals surface area contributed by atoms with E-state index in [1.54, 1.807) is 19.1 Å². The standard InChI is InChI=1S/C17H19F3N6O2/c1-4-28-14-12(11-7-9(2)22-10(3)8-11)13-24-25(6-5-17(18,19)20)16(27)26(13)15(21)23-14/h7-8H,4-6H2,1-3H3,(H2,21,22,23,24)/p+1. The number of aromatic nitrogens is 5. The van der Waals surface area contributed by atoms with Crippen molar-refractivity contribution in [1.82, 2.24) is 19.7 Å². The maximum atomic E-state index is 12.6. The number of rotatable bonds is 5. The van der Waals surface area contributed by atoms with Crippen LogP contribution in [0.3, 0.4) is 0 Å². The van der Waals surface area contributed by atoms with E-state index >= 15 is 0 Å². The summed E-state index contributed by atoms with van der Waals surface area (Å²) in [5, 5.41) is 2.73. The number of H-pyrrole nitrogens is 1. The van der Waals surface area contributed by atoms with Gasteiger partial charge in [-0.05, 0) is 38.5 Å². The van der Waals surface area contributed by atoms with E-state index in [4.69, 9.17) is 10.5 Å². The molecule has 0 saturated carbocycles. The summed E-state index contributed by atoms with van der Waals surface area (Å²) in [6.45, 7) is 5.10. The van der Waals surface area contributed by atoms with Gasteiger partial charge in [-0.1, -0.05) is 4.98 Å². The summed E-state index contributed by atoms with van der Waals surface area (Å²) in [5.74, 6) is -0.00840. The van der Waals surface area contributed by atoms with Crippen molar-refractivity contribution in [1.29, 1.82) is 0 Å². The summed E-state index contributed by atoms with van der Waals surface area (Å²) in [6.07, 6.45) is -5.56. The number of aryl methyl sites for hydroxylation is 3. The number of hydrogen-bond acceptors (Lipinski definition) is 5. The maximum Gasteiger partial charge on any atom is 0.428 e. The van der Waals surface area contributed by atoms with Crippen LogP contribution in [0.1, 0.15) is 24.7 Å². The third kappa shape index (κ3) is 3.78. The van der Waals surface area contributed by atoms with E-state index in [1.165, 1.54) is 0 Å². The fraction of sp³-hybridized carbons (Fsp3) is 0.412. The van der Waals surface area contributed by atoms with Crippen LogP contribution in [0.5, 0.6) is 5.88 Å². The lowest BCUT2D eigenvalue weighted by molar-refractivity contribution is -0.517. The van der Waals surface area contributed by atoms with Crippen LogP contribution < -0.4 is 20.6 Å². The predicted octanol–water partition coefficient (Wildman–Crippen LogP) is 1.92. The molecule has 0 fully saturated rings. The van der Waals surface area contributed by atoms with Gasteiger partial charge in [0.05, 0.1) is 19.6 Å². The van der Waals surface area contributed by atoms with Crippen molar-refractivity contribution < 1.29 is 22.3 Å². The zero-order valence-electron chi connectivity index (χ0n) is 15.6. The highest BCUT2D eigenvalue weighted by Gasteiger charge is 2.30. The number of nitrogen functional groups attached to an aromatic ring is 1. The second-order valence-corrected chi connectivity index (χ2v) is 6.32. The molecule has 150 valence electrons. The van der Waals surface area contributed by atoms with Crippen LogP contribution in [0, 0.1) is 13.8 Å². The van der Waals surface area contributed by atoms with Crippen molar-refractivity contribution in [3.63, 3.8) is 0 Å². The molecule has 3 rings (SSSR count). The molecule has 0 radical (unpaired) electrons. The number of pyridine rings is 1. The number of alkyl halides is 3. The molecule has 11 heteroatoms. The third-order valence-corrected chi connectivity index (χ3v) is 4.05. The minimum atomic E-state index is -4.40. The number of fused-ring (bicyclic) bond motifs is 1. The molecule has 3 aromatic rings. The van der Waals surface area contributed by atoms with Crippen molar-refractivity contribution in [3.05, 3.63) is 34.0 Å². The normalized spacial score (nSPS) is 11.9. The van der Waals surface area contributed by atoms with Gasteiger partial charge >= 0.3 is 17.8 Å². The van der Waals surface area contributed by atoms with E-state index in [9.17, 15) is 18.0 Å². The fourth-order valence-electron chi connectivity index (χ4n) is 3.00. The largest absolute Gasteiger partial charge is 0.470 e. The number of nitrogens with zero attached hydrogens (tertiary/aromatic N) is 4. The molecule has 0 spiro atoms. The van der Waals surface area contributed by atoms with Gasteiger partial charge in [-0.2, -0.15) is 17.9 Å². The number of aromatic amines is 1. The number of hydrogen-bond donors (Lipinski definition) is 2. The van der Waals surface area contributed by atoms with Crippen LogP contribution in [0.4, 0.5) is 19.1 Å². The molecule has 0 aromatic carbocycles.